The molecule has 3 amide bonds. The Kier molecular flexibility index (Phi) is 5.14. The molecule has 0 saturated carbocycles. The fraction of sp³-hybridized carbons (Fsp3) is 0.333. The number of primary amides is 2. The van der Waals surface area contributed by atoms with Gasteiger partial charge in [0, 0.05) is 34.3 Å². The summed E-state index contributed by atoms with van der Waals surface area (Å²) in [5, 5.41) is 2.84. The van der Waals surface area contributed by atoms with Crippen molar-refractivity contribution in [1.82, 2.24) is 4.90 Å². The predicted molar refractivity (Wildman–Crippen MR) is 95.5 cm³/mol. The lowest BCUT2D eigenvalue weighted by atomic mass is 10.2. The van der Waals surface area contributed by atoms with Crippen molar-refractivity contribution < 1.29 is 14.3 Å². The largest absolute Gasteiger partial charge is 0.379 e. The molecule has 0 radical (unpaired) electrons. The van der Waals surface area contributed by atoms with Crippen LogP contribution >= 0.6 is 22.7 Å². The van der Waals surface area contributed by atoms with Crippen LogP contribution in [-0.4, -0.2) is 43.1 Å². The molecule has 1 saturated heterocycles. The van der Waals surface area contributed by atoms with Crippen LogP contribution in [0.5, 0.6) is 0 Å². The van der Waals surface area contributed by atoms with Crippen molar-refractivity contribution in [2.24, 2.45) is 11.5 Å². The van der Waals surface area contributed by atoms with E-state index in [1.807, 2.05) is 6.07 Å². The summed E-state index contributed by atoms with van der Waals surface area (Å²) in [6.07, 6.45) is 0. The normalized spacial score (nSPS) is 15.3. The van der Waals surface area contributed by atoms with Crippen LogP contribution in [0.25, 0.3) is 9.75 Å². The summed E-state index contributed by atoms with van der Waals surface area (Å²) in [4.78, 5) is 28.1. The zero-order valence-electron chi connectivity index (χ0n) is 12.9. The second-order valence-electron chi connectivity index (χ2n) is 5.36. The maximum atomic E-state index is 11.5. The second kappa shape index (κ2) is 7.31. The first kappa shape index (κ1) is 16.9. The van der Waals surface area contributed by atoms with Gasteiger partial charge in [-0.1, -0.05) is 0 Å². The molecule has 0 bridgehead atoms. The number of nitrogens with zero attached hydrogens (tertiary/aromatic N) is 1. The van der Waals surface area contributed by atoms with Crippen LogP contribution < -0.4 is 16.8 Å². The highest BCUT2D eigenvalue weighted by atomic mass is 32.1. The molecule has 0 aliphatic carbocycles. The summed E-state index contributed by atoms with van der Waals surface area (Å²) < 4.78 is 5.36. The minimum Gasteiger partial charge on any atom is -0.379 e. The number of ether oxygens (including phenoxy) is 1. The van der Waals surface area contributed by atoms with Crippen LogP contribution in [0, 0.1) is 0 Å². The molecule has 0 unspecified atom stereocenters. The molecule has 1 aliphatic heterocycles. The number of morpholine rings is 1. The summed E-state index contributed by atoms with van der Waals surface area (Å²) in [5.74, 6) is -0.591. The third-order valence-corrected chi connectivity index (χ3v) is 5.94. The maximum absolute atomic E-state index is 11.5. The quantitative estimate of drug-likeness (QED) is 0.750. The topological polar surface area (TPSA) is 111 Å². The van der Waals surface area contributed by atoms with Gasteiger partial charge in [-0.15, -0.1) is 22.7 Å². The minimum atomic E-state index is -0.718. The Hall–Kier alpha value is -1.94. The van der Waals surface area contributed by atoms with Gasteiger partial charge in [0.05, 0.1) is 18.8 Å². The van der Waals surface area contributed by atoms with Gasteiger partial charge in [-0.05, 0) is 18.2 Å². The van der Waals surface area contributed by atoms with Crippen molar-refractivity contribution in [1.29, 1.82) is 0 Å². The molecule has 24 heavy (non-hydrogen) atoms. The van der Waals surface area contributed by atoms with Crippen LogP contribution in [0.3, 0.4) is 0 Å². The Balaban J connectivity index is 1.79. The third kappa shape index (κ3) is 3.93. The van der Waals surface area contributed by atoms with Crippen molar-refractivity contribution in [3.63, 3.8) is 0 Å². The molecular weight excluding hydrogens is 348 g/mol. The zero-order chi connectivity index (χ0) is 17.1. The first-order valence-corrected chi connectivity index (χ1v) is 9.05. The highest BCUT2D eigenvalue weighted by molar-refractivity contribution is 7.24. The average Bonchev–Trinajstić information content (AvgIpc) is 3.14. The van der Waals surface area contributed by atoms with Gasteiger partial charge < -0.3 is 16.2 Å². The SMILES string of the molecule is NC(=O)Nc1sc(-c2ccc(CN3CCOCC3)s2)cc1C(N)=O. The number of hydrogen-bond donors (Lipinski definition) is 3. The zero-order valence-corrected chi connectivity index (χ0v) is 14.5. The molecule has 2 aromatic heterocycles. The molecule has 9 heteroatoms. The lowest BCUT2D eigenvalue weighted by Crippen LogP contribution is -2.35. The molecule has 7 nitrogen and oxygen atoms in total. The van der Waals surface area contributed by atoms with E-state index in [0.717, 1.165) is 42.6 Å². The number of carbonyl (C=O) groups excluding carboxylic acids is 2. The van der Waals surface area contributed by atoms with Gasteiger partial charge in [0.2, 0.25) is 0 Å². The molecule has 0 atom stereocenters. The van der Waals surface area contributed by atoms with Crippen molar-refractivity contribution in [3.8, 4) is 9.75 Å². The molecule has 3 rings (SSSR count). The van der Waals surface area contributed by atoms with E-state index < -0.39 is 11.9 Å². The van der Waals surface area contributed by atoms with E-state index >= 15 is 0 Å². The van der Waals surface area contributed by atoms with Gasteiger partial charge in [-0.3, -0.25) is 15.0 Å². The molecule has 3 heterocycles. The van der Waals surface area contributed by atoms with Gasteiger partial charge in [-0.2, -0.15) is 0 Å². The molecule has 5 N–H and O–H groups in total. The fourth-order valence-electron chi connectivity index (χ4n) is 2.48. The lowest BCUT2D eigenvalue weighted by Gasteiger charge is -2.25. The third-order valence-electron chi connectivity index (χ3n) is 3.62. The molecule has 1 aliphatic rings. The van der Waals surface area contributed by atoms with Crippen molar-refractivity contribution >= 4 is 39.6 Å². The van der Waals surface area contributed by atoms with E-state index in [9.17, 15) is 9.59 Å². The molecule has 2 aromatic rings. The molecule has 0 spiro atoms. The van der Waals surface area contributed by atoms with Crippen LogP contribution in [0.1, 0.15) is 15.2 Å². The van der Waals surface area contributed by atoms with Crippen LogP contribution in [0.2, 0.25) is 0 Å². The number of anilines is 1. The Morgan fingerprint density at radius 1 is 1.17 bits per heavy atom. The van der Waals surface area contributed by atoms with Gasteiger partial charge in [0.15, 0.2) is 0 Å². The Morgan fingerprint density at radius 3 is 2.58 bits per heavy atom. The molecule has 1 fully saturated rings. The summed E-state index contributed by atoms with van der Waals surface area (Å²) >= 11 is 2.96. The summed E-state index contributed by atoms with van der Waals surface area (Å²) in [6.45, 7) is 4.30. The number of amides is 3. The predicted octanol–water partition coefficient (Wildman–Crippen LogP) is 1.90. The average molecular weight is 366 g/mol. The summed E-state index contributed by atoms with van der Waals surface area (Å²) in [6, 6.07) is 5.08. The fourth-order valence-corrected chi connectivity index (χ4v) is 4.67. The summed E-state index contributed by atoms with van der Waals surface area (Å²) in [7, 11) is 0. The monoisotopic (exact) mass is 366 g/mol. The van der Waals surface area contributed by atoms with Crippen molar-refractivity contribution in [3.05, 3.63) is 28.6 Å². The van der Waals surface area contributed by atoms with Crippen LogP contribution in [0.4, 0.5) is 9.80 Å². The first-order chi connectivity index (χ1) is 11.5. The van der Waals surface area contributed by atoms with Crippen molar-refractivity contribution in [2.75, 3.05) is 31.6 Å². The van der Waals surface area contributed by atoms with Crippen LogP contribution in [0.15, 0.2) is 18.2 Å². The lowest BCUT2D eigenvalue weighted by molar-refractivity contribution is 0.0346. The van der Waals surface area contributed by atoms with E-state index in [2.05, 4.69) is 16.3 Å². The summed E-state index contributed by atoms with van der Waals surface area (Å²) in [5.41, 5.74) is 10.8. The number of thiophene rings is 2. The molecule has 0 aromatic carbocycles. The maximum Gasteiger partial charge on any atom is 0.317 e. The van der Waals surface area contributed by atoms with E-state index in [0.29, 0.717) is 5.00 Å². The van der Waals surface area contributed by atoms with Gasteiger partial charge in [0.1, 0.15) is 5.00 Å². The number of nitrogens with two attached hydrogens (primary N) is 2. The van der Waals surface area contributed by atoms with E-state index in [4.69, 9.17) is 16.2 Å². The van der Waals surface area contributed by atoms with E-state index in [1.165, 1.54) is 16.2 Å². The Labute approximate surface area is 147 Å². The van der Waals surface area contributed by atoms with Gasteiger partial charge in [-0.25, -0.2) is 4.79 Å². The number of rotatable bonds is 5. The molecule has 128 valence electrons. The van der Waals surface area contributed by atoms with Crippen molar-refractivity contribution in [2.45, 2.75) is 6.54 Å². The number of carbonyl (C=O) groups is 2. The standard InChI is InChI=1S/C15H18N4O3S2/c16-13(20)10-7-12(24-14(10)18-15(17)21)11-2-1-9(23-11)8-19-3-5-22-6-4-19/h1-2,7H,3-6,8H2,(H2,16,20)(H3,17,18,21). The Bertz CT molecular complexity index is 750. The number of urea groups is 1. The second-order valence-corrected chi connectivity index (χ2v) is 7.58. The van der Waals surface area contributed by atoms with E-state index in [1.54, 1.807) is 17.4 Å². The molecular formula is C15H18N4O3S2. The van der Waals surface area contributed by atoms with Crippen LogP contribution in [-0.2, 0) is 11.3 Å². The van der Waals surface area contributed by atoms with Gasteiger partial charge in [0.25, 0.3) is 5.91 Å². The number of nitrogens with one attached hydrogen (secondary N) is 1. The highest BCUT2D eigenvalue weighted by Crippen LogP contribution is 2.38. The first-order valence-electron chi connectivity index (χ1n) is 7.42. The Morgan fingerprint density at radius 2 is 1.92 bits per heavy atom. The number of hydrogen-bond acceptors (Lipinski definition) is 6. The highest BCUT2D eigenvalue weighted by Gasteiger charge is 2.18. The minimum absolute atomic E-state index is 0.275. The van der Waals surface area contributed by atoms with Gasteiger partial charge >= 0.3 is 6.03 Å². The smallest absolute Gasteiger partial charge is 0.317 e. The van der Waals surface area contributed by atoms with E-state index in [-0.39, 0.29) is 5.56 Å².